The van der Waals surface area contributed by atoms with Crippen molar-refractivity contribution < 1.29 is 9.53 Å². The van der Waals surface area contributed by atoms with E-state index in [2.05, 4.69) is 5.43 Å². The van der Waals surface area contributed by atoms with E-state index in [4.69, 9.17) is 16.3 Å². The SMILES string of the molecule is CCOC(=O)c1cn2c3c(c(Cl)ccc3c1=O)CCN2. The van der Waals surface area contributed by atoms with Crippen LogP contribution in [0.5, 0.6) is 0 Å². The predicted octanol–water partition coefficient (Wildman–Crippen LogP) is 1.93. The van der Waals surface area contributed by atoms with Crippen molar-refractivity contribution in [3.05, 3.63) is 44.7 Å². The third kappa shape index (κ3) is 1.86. The molecule has 1 aliphatic heterocycles. The lowest BCUT2D eigenvalue weighted by molar-refractivity contribution is 0.0524. The number of aromatic nitrogens is 1. The maximum absolute atomic E-state index is 12.4. The van der Waals surface area contributed by atoms with Gasteiger partial charge in [-0.25, -0.2) is 4.79 Å². The first kappa shape index (κ1) is 13.0. The summed E-state index contributed by atoms with van der Waals surface area (Å²) in [6, 6.07) is 3.35. The van der Waals surface area contributed by atoms with E-state index in [-0.39, 0.29) is 17.6 Å². The maximum Gasteiger partial charge on any atom is 0.343 e. The van der Waals surface area contributed by atoms with Crippen LogP contribution < -0.4 is 10.9 Å². The number of rotatable bonds is 2. The monoisotopic (exact) mass is 292 g/mol. The van der Waals surface area contributed by atoms with Crippen LogP contribution in [0.1, 0.15) is 22.8 Å². The highest BCUT2D eigenvalue weighted by Crippen LogP contribution is 2.27. The first-order valence-corrected chi connectivity index (χ1v) is 6.79. The van der Waals surface area contributed by atoms with E-state index in [0.29, 0.717) is 17.0 Å². The van der Waals surface area contributed by atoms with Crippen molar-refractivity contribution in [2.24, 2.45) is 0 Å². The van der Waals surface area contributed by atoms with Crippen LogP contribution in [-0.4, -0.2) is 23.8 Å². The molecule has 0 aliphatic carbocycles. The summed E-state index contributed by atoms with van der Waals surface area (Å²) in [5.41, 5.74) is 4.50. The van der Waals surface area contributed by atoms with Gasteiger partial charge in [0.2, 0.25) is 5.43 Å². The minimum atomic E-state index is -0.605. The lowest BCUT2D eigenvalue weighted by atomic mass is 10.0. The number of ether oxygens (including phenoxy) is 1. The van der Waals surface area contributed by atoms with Crippen molar-refractivity contribution in [3.8, 4) is 0 Å². The minimum Gasteiger partial charge on any atom is -0.462 e. The number of hydrogen-bond acceptors (Lipinski definition) is 4. The fourth-order valence-electron chi connectivity index (χ4n) is 2.49. The van der Waals surface area contributed by atoms with Gasteiger partial charge in [0, 0.05) is 23.2 Å². The highest BCUT2D eigenvalue weighted by atomic mass is 35.5. The number of halogens is 1. The second-order valence-electron chi connectivity index (χ2n) is 4.54. The largest absolute Gasteiger partial charge is 0.462 e. The molecule has 0 fully saturated rings. The number of nitrogens with zero attached hydrogens (tertiary/aromatic N) is 1. The number of carbonyl (C=O) groups excluding carboxylic acids is 1. The van der Waals surface area contributed by atoms with Crippen molar-refractivity contribution in [2.75, 3.05) is 18.6 Å². The first-order valence-electron chi connectivity index (χ1n) is 6.41. The molecular formula is C14H13ClN2O3. The Morgan fingerprint density at radius 3 is 3.05 bits per heavy atom. The zero-order valence-electron chi connectivity index (χ0n) is 10.9. The van der Waals surface area contributed by atoms with Crippen LogP contribution >= 0.6 is 11.6 Å². The molecule has 0 saturated heterocycles. The Labute approximate surface area is 120 Å². The number of hydrogen-bond donors (Lipinski definition) is 1. The Bertz CT molecular complexity index is 767. The molecule has 6 heteroatoms. The topological polar surface area (TPSA) is 60.3 Å². The van der Waals surface area contributed by atoms with Gasteiger partial charge >= 0.3 is 5.97 Å². The molecule has 2 aromatic rings. The van der Waals surface area contributed by atoms with Crippen molar-refractivity contribution >= 4 is 28.5 Å². The van der Waals surface area contributed by atoms with Gasteiger partial charge in [-0.3, -0.25) is 9.47 Å². The number of carbonyl (C=O) groups is 1. The molecule has 104 valence electrons. The molecule has 5 nitrogen and oxygen atoms in total. The summed E-state index contributed by atoms with van der Waals surface area (Å²) in [7, 11) is 0. The summed E-state index contributed by atoms with van der Waals surface area (Å²) < 4.78 is 6.61. The fourth-order valence-corrected chi connectivity index (χ4v) is 2.73. The summed E-state index contributed by atoms with van der Waals surface area (Å²) in [5.74, 6) is -0.605. The van der Waals surface area contributed by atoms with Gasteiger partial charge in [0.1, 0.15) is 5.56 Å². The van der Waals surface area contributed by atoms with E-state index in [1.165, 1.54) is 6.20 Å². The molecule has 0 bridgehead atoms. The smallest absolute Gasteiger partial charge is 0.343 e. The molecule has 0 spiro atoms. The first-order chi connectivity index (χ1) is 9.63. The molecule has 0 unspecified atom stereocenters. The number of nitrogens with one attached hydrogen (secondary N) is 1. The molecule has 3 rings (SSSR count). The second kappa shape index (κ2) is 4.83. The van der Waals surface area contributed by atoms with E-state index in [1.54, 1.807) is 23.7 Å². The van der Waals surface area contributed by atoms with Crippen molar-refractivity contribution in [1.82, 2.24) is 4.68 Å². The molecule has 1 aliphatic rings. The van der Waals surface area contributed by atoms with Crippen molar-refractivity contribution in [2.45, 2.75) is 13.3 Å². The highest BCUT2D eigenvalue weighted by Gasteiger charge is 2.21. The predicted molar refractivity (Wildman–Crippen MR) is 77.1 cm³/mol. The standard InChI is InChI=1S/C14H13ClN2O3/c1-2-20-14(19)10-7-17-12-8(5-6-16-17)11(15)4-3-9(12)13(10)18/h3-4,7,16H,2,5-6H2,1H3. The zero-order chi connectivity index (χ0) is 14.3. The lowest BCUT2D eigenvalue weighted by Crippen LogP contribution is -2.29. The summed E-state index contributed by atoms with van der Waals surface area (Å²) in [5, 5.41) is 1.11. The van der Waals surface area contributed by atoms with Gasteiger partial charge in [0.15, 0.2) is 0 Å². The van der Waals surface area contributed by atoms with E-state index < -0.39 is 5.97 Å². The van der Waals surface area contributed by atoms with Gasteiger partial charge in [-0.05, 0) is 31.0 Å². The number of esters is 1. The average molecular weight is 293 g/mol. The van der Waals surface area contributed by atoms with Gasteiger partial charge in [-0.15, -0.1) is 0 Å². The molecular weight excluding hydrogens is 280 g/mol. The summed E-state index contributed by atoms with van der Waals surface area (Å²) >= 11 is 6.18. The van der Waals surface area contributed by atoms with Crippen LogP contribution in [0.15, 0.2) is 23.1 Å². The Morgan fingerprint density at radius 1 is 1.50 bits per heavy atom. The van der Waals surface area contributed by atoms with Gasteiger partial charge in [0.25, 0.3) is 0 Å². The molecule has 0 saturated carbocycles. The van der Waals surface area contributed by atoms with Gasteiger partial charge in [0.05, 0.1) is 12.1 Å². The zero-order valence-corrected chi connectivity index (χ0v) is 11.7. The minimum absolute atomic E-state index is 0.0297. The van der Waals surface area contributed by atoms with Gasteiger partial charge in [-0.2, -0.15) is 0 Å². The number of benzene rings is 1. The van der Waals surface area contributed by atoms with Crippen LogP contribution in [0.4, 0.5) is 0 Å². The van der Waals surface area contributed by atoms with Gasteiger partial charge < -0.3 is 10.2 Å². The molecule has 0 radical (unpaired) electrons. The van der Waals surface area contributed by atoms with Crippen LogP contribution in [0.3, 0.4) is 0 Å². The lowest BCUT2D eigenvalue weighted by Gasteiger charge is -2.23. The Hall–Kier alpha value is -2.01. The van der Waals surface area contributed by atoms with Crippen LogP contribution in [0, 0.1) is 0 Å². The Kier molecular flexibility index (Phi) is 3.14. The average Bonchev–Trinajstić information content (AvgIpc) is 2.45. The van der Waals surface area contributed by atoms with E-state index >= 15 is 0 Å². The fraction of sp³-hybridized carbons (Fsp3) is 0.286. The quantitative estimate of drug-likeness (QED) is 0.859. The van der Waals surface area contributed by atoms with Crippen molar-refractivity contribution in [3.63, 3.8) is 0 Å². The number of pyridine rings is 1. The Morgan fingerprint density at radius 2 is 2.30 bits per heavy atom. The van der Waals surface area contributed by atoms with E-state index in [0.717, 1.165) is 17.5 Å². The highest BCUT2D eigenvalue weighted by molar-refractivity contribution is 6.32. The molecule has 0 amide bonds. The summed E-state index contributed by atoms with van der Waals surface area (Å²) in [4.78, 5) is 24.3. The third-order valence-electron chi connectivity index (χ3n) is 3.37. The van der Waals surface area contributed by atoms with E-state index in [9.17, 15) is 9.59 Å². The van der Waals surface area contributed by atoms with Crippen LogP contribution in [0.25, 0.3) is 10.9 Å². The van der Waals surface area contributed by atoms with Crippen molar-refractivity contribution in [1.29, 1.82) is 0 Å². The molecule has 1 aromatic heterocycles. The molecule has 0 atom stereocenters. The Balaban J connectivity index is 2.34. The second-order valence-corrected chi connectivity index (χ2v) is 4.95. The maximum atomic E-state index is 12.4. The summed E-state index contributed by atoms with van der Waals surface area (Å²) in [6.45, 7) is 2.63. The summed E-state index contributed by atoms with van der Waals surface area (Å²) in [6.07, 6.45) is 2.23. The normalized spacial score (nSPS) is 13.1. The molecule has 2 heterocycles. The molecule has 20 heavy (non-hydrogen) atoms. The van der Waals surface area contributed by atoms with Crippen LogP contribution in [-0.2, 0) is 11.2 Å². The van der Waals surface area contributed by atoms with Crippen LogP contribution in [0.2, 0.25) is 5.02 Å². The molecule has 1 aromatic carbocycles. The van der Waals surface area contributed by atoms with Gasteiger partial charge in [-0.1, -0.05) is 11.6 Å². The van der Waals surface area contributed by atoms with E-state index in [1.807, 2.05) is 0 Å². The third-order valence-corrected chi connectivity index (χ3v) is 3.72. The molecule has 1 N–H and O–H groups in total.